The number of benzene rings is 2. The summed E-state index contributed by atoms with van der Waals surface area (Å²) in [7, 11) is 0. The van der Waals surface area contributed by atoms with E-state index in [0.29, 0.717) is 10.6 Å². The van der Waals surface area contributed by atoms with Crippen molar-refractivity contribution in [1.29, 1.82) is 0 Å². The fraction of sp³-hybridized carbons (Fsp3) is 0.0667. The number of nitro benzene ring substituents is 1. The fourth-order valence-corrected chi connectivity index (χ4v) is 1.94. The predicted octanol–water partition coefficient (Wildman–Crippen LogP) is 4.43. The molecular weight excluding hydrogens is 278 g/mol. The van der Waals surface area contributed by atoms with Crippen molar-refractivity contribution in [2.24, 2.45) is 0 Å². The number of nitro groups is 1. The first kappa shape index (κ1) is 14.1. The van der Waals surface area contributed by atoms with Gasteiger partial charge in [-0.1, -0.05) is 29.8 Å². The molecule has 0 fully saturated rings. The van der Waals surface area contributed by atoms with E-state index >= 15 is 0 Å². The molecule has 102 valence electrons. The predicted molar refractivity (Wildman–Crippen MR) is 79.9 cm³/mol. The third-order valence-electron chi connectivity index (χ3n) is 2.91. The van der Waals surface area contributed by atoms with Crippen LogP contribution in [-0.2, 0) is 0 Å². The van der Waals surface area contributed by atoms with Crippen LogP contribution >= 0.6 is 11.6 Å². The quantitative estimate of drug-likeness (QED) is 0.516. The molecule has 0 aromatic heterocycles. The van der Waals surface area contributed by atoms with Gasteiger partial charge >= 0.3 is 0 Å². The van der Waals surface area contributed by atoms with Crippen molar-refractivity contribution in [3.63, 3.8) is 0 Å². The Balaban J connectivity index is 2.38. The third-order valence-corrected chi connectivity index (χ3v) is 3.14. The van der Waals surface area contributed by atoms with Gasteiger partial charge < -0.3 is 5.11 Å². The number of rotatable bonds is 3. The maximum absolute atomic E-state index is 10.8. The van der Waals surface area contributed by atoms with E-state index in [0.717, 1.165) is 11.1 Å². The summed E-state index contributed by atoms with van der Waals surface area (Å²) in [6.07, 6.45) is 3.39. The van der Waals surface area contributed by atoms with Crippen molar-refractivity contribution in [3.8, 4) is 5.75 Å². The normalized spacial score (nSPS) is 10.9. The summed E-state index contributed by atoms with van der Waals surface area (Å²) in [5.41, 5.74) is 2.22. The summed E-state index contributed by atoms with van der Waals surface area (Å²) in [5, 5.41) is 21.0. The van der Waals surface area contributed by atoms with E-state index in [9.17, 15) is 15.2 Å². The summed E-state index contributed by atoms with van der Waals surface area (Å²) >= 11 is 5.86. The first-order valence-electron chi connectivity index (χ1n) is 5.89. The molecule has 0 unspecified atom stereocenters. The Morgan fingerprint density at radius 1 is 1.15 bits per heavy atom. The lowest BCUT2D eigenvalue weighted by Gasteiger charge is -2.02. The van der Waals surface area contributed by atoms with Gasteiger partial charge in [-0.3, -0.25) is 10.1 Å². The lowest BCUT2D eigenvalue weighted by atomic mass is 10.1. The molecule has 4 nitrogen and oxygen atoms in total. The minimum atomic E-state index is -0.437. The van der Waals surface area contributed by atoms with Crippen LogP contribution in [0.2, 0.25) is 5.02 Å². The number of aryl methyl sites for hydroxylation is 1. The molecule has 0 aliphatic rings. The third kappa shape index (κ3) is 3.16. The van der Waals surface area contributed by atoms with E-state index in [4.69, 9.17) is 11.6 Å². The summed E-state index contributed by atoms with van der Waals surface area (Å²) in [4.78, 5) is 10.3. The maximum Gasteiger partial charge on any atom is 0.270 e. The van der Waals surface area contributed by atoms with Gasteiger partial charge in [0, 0.05) is 22.7 Å². The van der Waals surface area contributed by atoms with Crippen LogP contribution in [-0.4, -0.2) is 10.0 Å². The zero-order chi connectivity index (χ0) is 14.7. The molecule has 1 N–H and O–H groups in total. The van der Waals surface area contributed by atoms with Crippen molar-refractivity contribution in [1.82, 2.24) is 0 Å². The lowest BCUT2D eigenvalue weighted by molar-refractivity contribution is -0.384. The molecule has 0 aliphatic carbocycles. The molecular formula is C15H12ClNO3. The standard InChI is InChI=1S/C15H12ClNO3/c1-10-2-6-14(17(19)20)9-11(10)3-4-12-8-13(16)5-7-15(12)18/h2-9,18H,1H3/b4-3+. The van der Waals surface area contributed by atoms with Gasteiger partial charge in [0.25, 0.3) is 5.69 Å². The topological polar surface area (TPSA) is 63.4 Å². The average molecular weight is 290 g/mol. The van der Waals surface area contributed by atoms with Crippen LogP contribution in [0.25, 0.3) is 12.2 Å². The number of nitrogens with zero attached hydrogens (tertiary/aromatic N) is 1. The SMILES string of the molecule is Cc1ccc([N+](=O)[O-])cc1/C=C/c1cc(Cl)ccc1O. The Morgan fingerprint density at radius 3 is 2.55 bits per heavy atom. The molecule has 0 spiro atoms. The first-order chi connectivity index (χ1) is 9.47. The molecule has 20 heavy (non-hydrogen) atoms. The van der Waals surface area contributed by atoms with Gasteiger partial charge in [0.2, 0.25) is 0 Å². The van der Waals surface area contributed by atoms with E-state index < -0.39 is 4.92 Å². The van der Waals surface area contributed by atoms with Crippen molar-refractivity contribution >= 4 is 29.4 Å². The molecule has 2 aromatic rings. The zero-order valence-corrected chi connectivity index (χ0v) is 11.5. The number of halogens is 1. The Bertz CT molecular complexity index is 696. The number of hydrogen-bond acceptors (Lipinski definition) is 3. The van der Waals surface area contributed by atoms with Crippen LogP contribution < -0.4 is 0 Å². The highest BCUT2D eigenvalue weighted by molar-refractivity contribution is 6.30. The molecule has 0 bridgehead atoms. The Labute approximate surface area is 121 Å². The number of aromatic hydroxyl groups is 1. The van der Waals surface area contributed by atoms with Gasteiger partial charge in [0.1, 0.15) is 5.75 Å². The van der Waals surface area contributed by atoms with Gasteiger partial charge in [-0.05, 0) is 36.2 Å². The smallest absolute Gasteiger partial charge is 0.270 e. The molecule has 2 rings (SSSR count). The summed E-state index contributed by atoms with van der Waals surface area (Å²) < 4.78 is 0. The largest absolute Gasteiger partial charge is 0.507 e. The minimum Gasteiger partial charge on any atom is -0.507 e. The van der Waals surface area contributed by atoms with E-state index in [2.05, 4.69) is 0 Å². The van der Waals surface area contributed by atoms with Crippen LogP contribution in [0.15, 0.2) is 36.4 Å². The van der Waals surface area contributed by atoms with Gasteiger partial charge in [-0.15, -0.1) is 0 Å². The van der Waals surface area contributed by atoms with Gasteiger partial charge in [-0.25, -0.2) is 0 Å². The molecule has 0 atom stereocenters. The first-order valence-corrected chi connectivity index (χ1v) is 6.27. The minimum absolute atomic E-state index is 0.0329. The van der Waals surface area contributed by atoms with E-state index in [-0.39, 0.29) is 11.4 Å². The highest BCUT2D eigenvalue weighted by Gasteiger charge is 2.07. The van der Waals surface area contributed by atoms with Crippen LogP contribution in [0.5, 0.6) is 5.75 Å². The van der Waals surface area contributed by atoms with Crippen molar-refractivity contribution < 1.29 is 10.0 Å². The number of phenols is 1. The second-order valence-electron chi connectivity index (χ2n) is 4.33. The number of hydrogen-bond donors (Lipinski definition) is 1. The highest BCUT2D eigenvalue weighted by Crippen LogP contribution is 2.25. The second-order valence-corrected chi connectivity index (χ2v) is 4.77. The zero-order valence-electron chi connectivity index (χ0n) is 10.7. The average Bonchev–Trinajstić information content (AvgIpc) is 2.41. The Hall–Kier alpha value is -2.33. The van der Waals surface area contributed by atoms with E-state index in [1.54, 1.807) is 30.4 Å². The highest BCUT2D eigenvalue weighted by atomic mass is 35.5. The maximum atomic E-state index is 10.8. The number of phenolic OH excluding ortho intramolecular Hbond substituents is 1. The number of non-ortho nitro benzene ring substituents is 1. The van der Waals surface area contributed by atoms with Crippen LogP contribution in [0.3, 0.4) is 0 Å². The molecule has 0 amide bonds. The molecule has 0 saturated heterocycles. The van der Waals surface area contributed by atoms with Crippen LogP contribution in [0.1, 0.15) is 16.7 Å². The molecule has 0 aliphatic heterocycles. The lowest BCUT2D eigenvalue weighted by Crippen LogP contribution is -1.89. The summed E-state index contributed by atoms with van der Waals surface area (Å²) in [6, 6.07) is 9.36. The van der Waals surface area contributed by atoms with Gasteiger partial charge in [0.15, 0.2) is 0 Å². The molecule has 0 heterocycles. The molecule has 5 heteroatoms. The Morgan fingerprint density at radius 2 is 1.85 bits per heavy atom. The van der Waals surface area contributed by atoms with Gasteiger partial charge in [0.05, 0.1) is 4.92 Å². The van der Waals surface area contributed by atoms with Crippen LogP contribution in [0.4, 0.5) is 5.69 Å². The van der Waals surface area contributed by atoms with Crippen molar-refractivity contribution in [2.75, 3.05) is 0 Å². The van der Waals surface area contributed by atoms with Gasteiger partial charge in [-0.2, -0.15) is 0 Å². The Kier molecular flexibility index (Phi) is 4.05. The fourth-order valence-electron chi connectivity index (χ4n) is 1.76. The summed E-state index contributed by atoms with van der Waals surface area (Å²) in [5.74, 6) is 0.105. The van der Waals surface area contributed by atoms with E-state index in [1.165, 1.54) is 18.2 Å². The molecule has 0 saturated carbocycles. The monoisotopic (exact) mass is 289 g/mol. The van der Waals surface area contributed by atoms with Crippen LogP contribution in [0, 0.1) is 17.0 Å². The second kappa shape index (κ2) is 5.75. The van der Waals surface area contributed by atoms with Crippen molar-refractivity contribution in [3.05, 3.63) is 68.2 Å². The summed E-state index contributed by atoms with van der Waals surface area (Å²) in [6.45, 7) is 1.86. The van der Waals surface area contributed by atoms with Crippen molar-refractivity contribution in [2.45, 2.75) is 6.92 Å². The molecule has 0 radical (unpaired) electrons. The molecule has 2 aromatic carbocycles. The van der Waals surface area contributed by atoms with E-state index in [1.807, 2.05) is 6.92 Å².